The molecule has 3 rings (SSSR count). The molecule has 0 unspecified atom stereocenters. The van der Waals surface area contributed by atoms with Crippen LogP contribution in [-0.2, 0) is 0 Å². The first-order valence-electron chi connectivity index (χ1n) is 5.79. The van der Waals surface area contributed by atoms with Crippen molar-refractivity contribution < 1.29 is 4.52 Å². The Morgan fingerprint density at radius 1 is 1.20 bits per heavy atom. The summed E-state index contributed by atoms with van der Waals surface area (Å²) in [6.45, 7) is 0. The molecule has 0 aliphatic carbocycles. The van der Waals surface area contributed by atoms with E-state index in [1.807, 2.05) is 30.3 Å². The maximum absolute atomic E-state index is 6.12. The Kier molecular flexibility index (Phi) is 3.46. The molecule has 0 saturated heterocycles. The summed E-state index contributed by atoms with van der Waals surface area (Å²) in [5, 5.41) is 4.61. The zero-order chi connectivity index (χ0) is 14.1. The van der Waals surface area contributed by atoms with Crippen molar-refractivity contribution in [1.29, 1.82) is 0 Å². The SMILES string of the molecule is Nc1onc(-c2ccc(Br)c(Cl)c2)c1-c1ccccn1. The number of nitrogen functional groups attached to an aromatic ring is 1. The van der Waals surface area contributed by atoms with E-state index in [1.54, 1.807) is 12.3 Å². The highest BCUT2D eigenvalue weighted by Gasteiger charge is 2.18. The number of nitrogens with zero attached hydrogens (tertiary/aromatic N) is 2. The molecule has 0 radical (unpaired) electrons. The topological polar surface area (TPSA) is 64.9 Å². The predicted molar refractivity (Wildman–Crippen MR) is 82.3 cm³/mol. The average Bonchev–Trinajstić information content (AvgIpc) is 2.85. The summed E-state index contributed by atoms with van der Waals surface area (Å²) >= 11 is 9.47. The molecular formula is C14H9BrClN3O. The van der Waals surface area contributed by atoms with E-state index in [0.717, 1.165) is 10.0 Å². The van der Waals surface area contributed by atoms with Crippen molar-refractivity contribution in [2.45, 2.75) is 0 Å². The van der Waals surface area contributed by atoms with E-state index in [-0.39, 0.29) is 5.88 Å². The van der Waals surface area contributed by atoms with Gasteiger partial charge in [0.1, 0.15) is 5.69 Å². The second-order valence-electron chi connectivity index (χ2n) is 4.11. The van der Waals surface area contributed by atoms with E-state index in [2.05, 4.69) is 26.1 Å². The molecule has 0 saturated carbocycles. The van der Waals surface area contributed by atoms with Gasteiger partial charge in [-0.3, -0.25) is 4.98 Å². The quantitative estimate of drug-likeness (QED) is 0.744. The average molecular weight is 351 g/mol. The highest BCUT2D eigenvalue weighted by atomic mass is 79.9. The fourth-order valence-corrected chi connectivity index (χ4v) is 2.33. The Morgan fingerprint density at radius 3 is 2.75 bits per heavy atom. The number of pyridine rings is 1. The van der Waals surface area contributed by atoms with Crippen LogP contribution in [0.4, 0.5) is 5.88 Å². The van der Waals surface area contributed by atoms with Crippen LogP contribution in [0.5, 0.6) is 0 Å². The third-order valence-electron chi connectivity index (χ3n) is 2.83. The largest absolute Gasteiger partial charge is 0.367 e. The summed E-state index contributed by atoms with van der Waals surface area (Å²) in [5.74, 6) is 0.234. The molecule has 0 aliphatic rings. The van der Waals surface area contributed by atoms with Crippen LogP contribution in [0, 0.1) is 0 Å². The van der Waals surface area contributed by atoms with Crippen molar-refractivity contribution in [3.05, 3.63) is 52.1 Å². The van der Waals surface area contributed by atoms with E-state index in [9.17, 15) is 0 Å². The minimum absolute atomic E-state index is 0.234. The molecule has 0 spiro atoms. The van der Waals surface area contributed by atoms with Crippen molar-refractivity contribution in [1.82, 2.24) is 10.1 Å². The molecule has 0 aliphatic heterocycles. The fourth-order valence-electron chi connectivity index (χ4n) is 1.90. The fraction of sp³-hybridized carbons (Fsp3) is 0. The highest BCUT2D eigenvalue weighted by Crippen LogP contribution is 2.37. The Labute approximate surface area is 128 Å². The number of hydrogen-bond acceptors (Lipinski definition) is 4. The molecule has 20 heavy (non-hydrogen) atoms. The number of nitrogens with two attached hydrogens (primary N) is 1. The number of aromatic nitrogens is 2. The summed E-state index contributed by atoms with van der Waals surface area (Å²) in [6, 6.07) is 11.1. The minimum atomic E-state index is 0.234. The number of benzene rings is 1. The molecule has 2 heterocycles. The van der Waals surface area contributed by atoms with Gasteiger partial charge in [0.05, 0.1) is 16.3 Å². The predicted octanol–water partition coefficient (Wildman–Crippen LogP) is 4.40. The van der Waals surface area contributed by atoms with Gasteiger partial charge in [0, 0.05) is 16.2 Å². The van der Waals surface area contributed by atoms with Crippen molar-refractivity contribution in [2.75, 3.05) is 5.73 Å². The summed E-state index contributed by atoms with van der Waals surface area (Å²) < 4.78 is 5.93. The van der Waals surface area contributed by atoms with Gasteiger partial charge in [-0.25, -0.2) is 0 Å². The first-order valence-corrected chi connectivity index (χ1v) is 6.96. The number of anilines is 1. The summed E-state index contributed by atoms with van der Waals surface area (Å²) in [4.78, 5) is 4.29. The van der Waals surface area contributed by atoms with Gasteiger partial charge in [0.15, 0.2) is 0 Å². The van der Waals surface area contributed by atoms with Gasteiger partial charge in [0.25, 0.3) is 0 Å². The third kappa shape index (κ3) is 2.30. The molecule has 2 aromatic heterocycles. The lowest BCUT2D eigenvalue weighted by Gasteiger charge is -2.03. The molecule has 2 N–H and O–H groups in total. The second-order valence-corrected chi connectivity index (χ2v) is 5.38. The summed E-state index contributed by atoms with van der Waals surface area (Å²) in [6.07, 6.45) is 1.69. The van der Waals surface area contributed by atoms with E-state index in [1.165, 1.54) is 0 Å². The van der Waals surface area contributed by atoms with Crippen LogP contribution in [-0.4, -0.2) is 10.1 Å². The Morgan fingerprint density at radius 2 is 2.05 bits per heavy atom. The second kappa shape index (κ2) is 5.26. The van der Waals surface area contributed by atoms with Crippen LogP contribution >= 0.6 is 27.5 Å². The molecule has 3 aromatic rings. The molecule has 0 atom stereocenters. The first kappa shape index (κ1) is 13.1. The lowest BCUT2D eigenvalue weighted by molar-refractivity contribution is 0.439. The number of rotatable bonds is 2. The maximum atomic E-state index is 6.12. The van der Waals surface area contributed by atoms with Crippen LogP contribution in [0.1, 0.15) is 0 Å². The van der Waals surface area contributed by atoms with Gasteiger partial charge < -0.3 is 10.3 Å². The van der Waals surface area contributed by atoms with Gasteiger partial charge in [0.2, 0.25) is 5.88 Å². The van der Waals surface area contributed by atoms with Crippen LogP contribution in [0.2, 0.25) is 5.02 Å². The lowest BCUT2D eigenvalue weighted by Crippen LogP contribution is -1.90. The summed E-state index contributed by atoms with van der Waals surface area (Å²) in [7, 11) is 0. The van der Waals surface area contributed by atoms with Crippen LogP contribution in [0.25, 0.3) is 22.5 Å². The number of halogens is 2. The first-order chi connectivity index (χ1) is 9.66. The van der Waals surface area contributed by atoms with Crippen LogP contribution < -0.4 is 5.73 Å². The highest BCUT2D eigenvalue weighted by molar-refractivity contribution is 9.10. The Balaban J connectivity index is 2.18. The summed E-state index contributed by atoms with van der Waals surface area (Å²) in [5.41, 5.74) is 8.69. The van der Waals surface area contributed by atoms with Gasteiger partial charge in [-0.2, -0.15) is 0 Å². The zero-order valence-corrected chi connectivity index (χ0v) is 12.5. The molecule has 6 heteroatoms. The van der Waals surface area contributed by atoms with E-state index in [4.69, 9.17) is 21.9 Å². The van der Waals surface area contributed by atoms with Gasteiger partial charge in [-0.1, -0.05) is 28.9 Å². The van der Waals surface area contributed by atoms with Gasteiger partial charge >= 0.3 is 0 Å². The molecule has 0 amide bonds. The van der Waals surface area contributed by atoms with Gasteiger partial charge in [-0.15, -0.1) is 0 Å². The molecule has 4 nitrogen and oxygen atoms in total. The smallest absolute Gasteiger partial charge is 0.232 e. The van der Waals surface area contributed by atoms with Crippen molar-refractivity contribution >= 4 is 33.4 Å². The normalized spacial score (nSPS) is 10.7. The van der Waals surface area contributed by atoms with Crippen molar-refractivity contribution in [3.8, 4) is 22.5 Å². The standard InChI is InChI=1S/C14H9BrClN3O/c15-9-5-4-8(7-10(9)16)13-12(14(17)20-19-13)11-3-1-2-6-18-11/h1-7H,17H2. The minimum Gasteiger partial charge on any atom is -0.367 e. The lowest BCUT2D eigenvalue weighted by atomic mass is 10.0. The molecule has 100 valence electrons. The third-order valence-corrected chi connectivity index (χ3v) is 4.07. The molecule has 0 fully saturated rings. The van der Waals surface area contributed by atoms with E-state index >= 15 is 0 Å². The van der Waals surface area contributed by atoms with E-state index in [0.29, 0.717) is 22.0 Å². The molecular weight excluding hydrogens is 342 g/mol. The van der Waals surface area contributed by atoms with Crippen molar-refractivity contribution in [2.24, 2.45) is 0 Å². The van der Waals surface area contributed by atoms with Crippen LogP contribution in [0.15, 0.2) is 51.6 Å². The van der Waals surface area contributed by atoms with Crippen LogP contribution in [0.3, 0.4) is 0 Å². The Hall–Kier alpha value is -1.85. The molecule has 0 bridgehead atoms. The monoisotopic (exact) mass is 349 g/mol. The number of hydrogen-bond donors (Lipinski definition) is 1. The Bertz CT molecular complexity index is 758. The van der Waals surface area contributed by atoms with Gasteiger partial charge in [-0.05, 0) is 40.2 Å². The molecule has 1 aromatic carbocycles. The van der Waals surface area contributed by atoms with E-state index < -0.39 is 0 Å². The van der Waals surface area contributed by atoms with Crippen molar-refractivity contribution in [3.63, 3.8) is 0 Å². The maximum Gasteiger partial charge on any atom is 0.232 e. The zero-order valence-electron chi connectivity index (χ0n) is 10.2.